The van der Waals surface area contributed by atoms with Gasteiger partial charge in [0.2, 0.25) is 28.5 Å². The molecule has 0 amide bonds. The van der Waals surface area contributed by atoms with Crippen LogP contribution in [0.4, 0.5) is 0 Å². The molecule has 5 aliphatic heterocycles. The molecule has 0 bridgehead atoms. The summed E-state index contributed by atoms with van der Waals surface area (Å²) in [5, 5.41) is 0. The zero-order valence-electron chi connectivity index (χ0n) is 75.8. The van der Waals surface area contributed by atoms with E-state index in [1.165, 1.54) is 151 Å². The molecule has 0 atom stereocenters. The van der Waals surface area contributed by atoms with Crippen LogP contribution in [0, 0.1) is 48.4 Å². The van der Waals surface area contributed by atoms with Gasteiger partial charge in [0, 0.05) is 107 Å². The summed E-state index contributed by atoms with van der Waals surface area (Å²) in [6.45, 7) is 10.7. The number of hydrogen-bond donors (Lipinski definition) is 0. The van der Waals surface area contributed by atoms with Gasteiger partial charge < -0.3 is 9.13 Å². The van der Waals surface area contributed by atoms with Crippen molar-refractivity contribution in [1.29, 1.82) is 0 Å². The van der Waals surface area contributed by atoms with Gasteiger partial charge in [-0.3, -0.25) is 13.7 Å². The quantitative estimate of drug-likeness (QED) is 0.148. The molecule has 10 aromatic carbocycles. The van der Waals surface area contributed by atoms with Crippen molar-refractivity contribution in [2.75, 3.05) is 0 Å². The van der Waals surface area contributed by atoms with Crippen molar-refractivity contribution in [3.8, 4) is 95.6 Å². The second-order valence-corrected chi connectivity index (χ2v) is 34.1. The number of fused-ring (bicyclic) bond motifs is 21. The Bertz CT molecular complexity index is 8030. The number of rotatable bonds is 7. The first-order valence-corrected chi connectivity index (χ1v) is 43.3. The topological polar surface area (TPSA) is 108 Å². The third-order valence-electron chi connectivity index (χ3n) is 25.7. The van der Waals surface area contributed by atoms with Crippen molar-refractivity contribution in [3.63, 3.8) is 0 Å². The van der Waals surface area contributed by atoms with Crippen molar-refractivity contribution < 1.29 is 26.9 Å². The lowest BCUT2D eigenvalue weighted by molar-refractivity contribution is -0.659. The second-order valence-electron chi connectivity index (χ2n) is 34.1. The first-order valence-electron chi connectivity index (χ1n) is 44.8. The molecule has 0 fully saturated rings. The average Bonchev–Trinajstić information content (AvgIpc) is 1.43. The van der Waals surface area contributed by atoms with Crippen LogP contribution in [-0.2, 0) is 67.3 Å². The Hall–Kier alpha value is -15.2. The molecule has 20 aromatic rings. The van der Waals surface area contributed by atoms with Gasteiger partial charge in [-0.05, 0) is 164 Å². The van der Waals surface area contributed by atoms with E-state index >= 15 is 0 Å². The molecule has 0 radical (unpaired) electrons. The molecule has 5 aliphatic rings. The van der Waals surface area contributed by atoms with Crippen LogP contribution in [0.5, 0.6) is 0 Å². The first kappa shape index (κ1) is 74.6. The van der Waals surface area contributed by atoms with Gasteiger partial charge in [-0.15, -0.1) is 0 Å². The summed E-state index contributed by atoms with van der Waals surface area (Å²) >= 11 is 0. The number of allylic oxidation sites excluding steroid dienone is 2. The maximum absolute atomic E-state index is 7.57. The number of nitrogens with zero attached hydrogens (tertiary/aromatic N) is 15. The van der Waals surface area contributed by atoms with Gasteiger partial charge in [0.25, 0.3) is 0 Å². The molecule has 0 saturated heterocycles. The number of aryl methyl sites for hydroxylation is 12. The van der Waals surface area contributed by atoms with E-state index in [0.29, 0.717) is 5.56 Å². The number of pyridine rings is 5. The normalized spacial score (nSPS) is 13.0. The van der Waals surface area contributed by atoms with Crippen molar-refractivity contribution >= 4 is 67.6 Å². The van der Waals surface area contributed by atoms with E-state index in [4.69, 9.17) is 24.0 Å². The Morgan fingerprint density at radius 1 is 0.270 bits per heavy atom. The van der Waals surface area contributed by atoms with Gasteiger partial charge in [0.15, 0.2) is 58.6 Å². The largest absolute Gasteiger partial charge is 0.303 e. The molecule has 15 heterocycles. The number of imidazole rings is 5. The zero-order chi connectivity index (χ0) is 88.4. The maximum atomic E-state index is 7.57. The van der Waals surface area contributed by atoms with E-state index in [9.17, 15) is 0 Å². The van der Waals surface area contributed by atoms with Crippen molar-refractivity contribution in [3.05, 3.63) is 389 Å². The van der Waals surface area contributed by atoms with Crippen LogP contribution >= 0.6 is 0 Å². The van der Waals surface area contributed by atoms with Crippen LogP contribution in [0.25, 0.3) is 163 Å². The molecule has 0 saturated carbocycles. The van der Waals surface area contributed by atoms with Gasteiger partial charge in [-0.1, -0.05) is 205 Å². The van der Waals surface area contributed by atoms with Gasteiger partial charge in [0.1, 0.15) is 64.4 Å². The van der Waals surface area contributed by atoms with Crippen LogP contribution < -0.4 is 22.8 Å². The summed E-state index contributed by atoms with van der Waals surface area (Å²) in [5.74, 6) is 5.56. The fraction of sp³-hybridized carbons (Fsp3) is 0.153. The third-order valence-corrected chi connectivity index (χ3v) is 25.7. The van der Waals surface area contributed by atoms with Crippen molar-refractivity contribution in [2.45, 2.75) is 80.5 Å². The average molecular weight is 1650 g/mol. The van der Waals surface area contributed by atoms with Crippen LogP contribution in [0.2, 0.25) is 0 Å². The molecule has 25 rings (SSSR count). The highest BCUT2D eigenvalue weighted by atomic mass is 15.2. The van der Waals surface area contributed by atoms with Crippen molar-refractivity contribution in [2.24, 2.45) is 35.2 Å². The molecule has 0 unspecified atom stereocenters. The molecule has 0 N–H and O–H groups in total. The lowest BCUT2D eigenvalue weighted by Gasteiger charge is -2.09. The number of aromatic nitrogens is 15. The Labute approximate surface area is 737 Å². The van der Waals surface area contributed by atoms with Crippen LogP contribution in [-0.4, -0.2) is 47.8 Å². The van der Waals surface area contributed by atoms with E-state index in [0.717, 1.165) is 111 Å². The first-order chi connectivity index (χ1) is 62.6. The minimum absolute atomic E-state index is 0.376. The Balaban J connectivity index is 0.0000000980. The Morgan fingerprint density at radius 2 is 0.587 bits per heavy atom. The SMILES string of the molecule is Cc1ccc(-c2cc3c(c[n+]2C)nc2n3-c3ccccc3C2)c(C)c1.Cc1ccc(-c2ccccc2)cc1-c1cc2c(c[n+]1C)nc1n2-c2ccccc2C1.Cc1ccc(-c2ccccc2)cc1-c1cc2c(c[n+]1C)nc1n2C=CC1.Cc1ccccc1-c1cc2c(c[n+]1C)nc1n2-c2ccccc2C1.[2H]C([2H])([2H])c1ccc(-c2cc3c(c[n+]2C)nc2n3C=CC2)c(C)c1. The van der Waals surface area contributed by atoms with Gasteiger partial charge in [-0.25, -0.2) is 24.9 Å². The molecule has 10 aromatic heterocycles. The lowest BCUT2D eigenvalue weighted by atomic mass is 9.97. The molecular formula is C111H98N15+5. The summed E-state index contributed by atoms with van der Waals surface area (Å²) < 4.78 is 44.8. The lowest BCUT2D eigenvalue weighted by Crippen LogP contribution is -2.30. The number of para-hydroxylation sites is 3. The van der Waals surface area contributed by atoms with Gasteiger partial charge in [0.05, 0.1) is 44.6 Å². The minimum atomic E-state index is -2.08. The molecule has 15 heteroatoms. The zero-order valence-corrected chi connectivity index (χ0v) is 72.8. The van der Waals surface area contributed by atoms with Crippen molar-refractivity contribution in [1.82, 2.24) is 47.8 Å². The monoisotopic (exact) mass is 1640 g/mol. The summed E-state index contributed by atoms with van der Waals surface area (Å²) in [6, 6.07) is 92.1. The van der Waals surface area contributed by atoms with E-state index in [1.54, 1.807) is 12.1 Å². The predicted octanol–water partition coefficient (Wildman–Crippen LogP) is 20.9. The number of benzene rings is 10. The third kappa shape index (κ3) is 14.0. The molecule has 0 aliphatic carbocycles. The van der Waals surface area contributed by atoms with E-state index < -0.39 is 6.85 Å². The minimum Gasteiger partial charge on any atom is -0.303 e. The molecule has 15 nitrogen and oxygen atoms in total. The maximum Gasteiger partial charge on any atom is 0.214 e. The Morgan fingerprint density at radius 3 is 0.976 bits per heavy atom. The number of hydrogen-bond acceptors (Lipinski definition) is 5. The fourth-order valence-electron chi connectivity index (χ4n) is 19.2. The molecule has 0 spiro atoms. The molecular weight excluding hydrogens is 1540 g/mol. The predicted molar refractivity (Wildman–Crippen MR) is 506 cm³/mol. The molecule has 612 valence electrons. The van der Waals surface area contributed by atoms with Gasteiger partial charge >= 0.3 is 0 Å². The fourth-order valence-corrected chi connectivity index (χ4v) is 19.2. The summed E-state index contributed by atoms with van der Waals surface area (Å²) in [6.07, 6.45) is 23.6. The summed E-state index contributed by atoms with van der Waals surface area (Å²) in [7, 11) is 10.4. The van der Waals surface area contributed by atoms with E-state index in [-0.39, 0.29) is 0 Å². The van der Waals surface area contributed by atoms with Crippen LogP contribution in [0.15, 0.2) is 304 Å². The highest BCUT2D eigenvalue weighted by Crippen LogP contribution is 2.40. The second kappa shape index (κ2) is 31.6. The highest BCUT2D eigenvalue weighted by Gasteiger charge is 2.31. The smallest absolute Gasteiger partial charge is 0.214 e. The standard InChI is InChI=1S/C27H22N3.C23H20N3.C22H20N3.C21H18N3.C18H18N3/c1-18-12-13-20(19-8-4-3-5-9-19)14-22(18)25-16-26-23(17-29(25)2)28-27-15-21-10-6-7-11-24(21)30(26)27;1-16-10-11-18(17-7-4-3-5-8-17)13-19(16)21-14-22-20(15-25(21)2)24-23-9-6-12-26(22)23;1-14-8-9-17(15(2)10-14)20-12-21-18(13-24(20)3)23-22-11-16-6-4-5-7-19(16)25(21)22;1-14-7-3-5-9-16(14)19-12-20-17(13-23(19)2)22-21-11-15-8-4-6-10-18(15)24(20)21;1-12-6-7-14(13(2)9-12)16-10-17-15(11-20(16)3)19-18-5-4-8-21(17)18/h3-14,16-17H,15H2,1-2H3;3-8,10-15H,9H2,1-2H3;4-10,12-13H,11H2,1-3H3;3-10,12-13H,11H2,1-2H3;4,6-11H,5H2,1-3H3/q5*+1/i;;;;1D3. The summed E-state index contributed by atoms with van der Waals surface area (Å²) in [5.41, 5.74) is 43.5. The van der Waals surface area contributed by atoms with Gasteiger partial charge in [-0.2, -0.15) is 22.8 Å². The Kier molecular flexibility index (Phi) is 18.7. The van der Waals surface area contributed by atoms with Crippen LogP contribution in [0.3, 0.4) is 0 Å². The highest BCUT2D eigenvalue weighted by molar-refractivity contribution is 5.88. The van der Waals surface area contributed by atoms with Crippen LogP contribution in [0.1, 0.15) is 88.9 Å². The van der Waals surface area contributed by atoms with E-state index in [1.807, 2.05) is 30.8 Å². The molecule has 126 heavy (non-hydrogen) atoms. The summed E-state index contributed by atoms with van der Waals surface area (Å²) in [4.78, 5) is 24.1. The van der Waals surface area contributed by atoms with E-state index in [2.05, 4.69) is 401 Å².